The van der Waals surface area contributed by atoms with Gasteiger partial charge in [0.25, 0.3) is 0 Å². The lowest BCUT2D eigenvalue weighted by Crippen LogP contribution is -1.93. The summed E-state index contributed by atoms with van der Waals surface area (Å²) in [7, 11) is 0. The highest BCUT2D eigenvalue weighted by Gasteiger charge is 2.04. The summed E-state index contributed by atoms with van der Waals surface area (Å²) in [5, 5.41) is 0. The van der Waals surface area contributed by atoms with Crippen LogP contribution in [0.25, 0.3) is 11.1 Å². The zero-order chi connectivity index (χ0) is 10.8. The average Bonchev–Trinajstić information content (AvgIpc) is 2.22. The van der Waals surface area contributed by atoms with Crippen LogP contribution in [0.3, 0.4) is 0 Å². The summed E-state index contributed by atoms with van der Waals surface area (Å²) in [6.07, 6.45) is 2.69. The van der Waals surface area contributed by atoms with Crippen molar-refractivity contribution in [3.8, 4) is 11.1 Å². The first-order valence-electron chi connectivity index (χ1n) is 4.43. The fraction of sp³-hybridized carbons (Fsp3) is 0. The molecule has 1 aromatic carbocycles. The molecular weight excluding hydrogens is 193 g/mol. The second kappa shape index (κ2) is 3.57. The number of nitrogen functional groups attached to an aromatic ring is 2. The quantitative estimate of drug-likeness (QED) is 0.697. The van der Waals surface area contributed by atoms with Gasteiger partial charge in [-0.1, -0.05) is 0 Å². The average molecular weight is 203 g/mol. The van der Waals surface area contributed by atoms with Gasteiger partial charge >= 0.3 is 0 Å². The molecule has 0 fully saturated rings. The Morgan fingerprint density at radius 3 is 2.60 bits per heavy atom. The molecule has 0 amide bonds. The highest BCUT2D eigenvalue weighted by atomic mass is 19.1. The van der Waals surface area contributed by atoms with E-state index >= 15 is 0 Å². The lowest BCUT2D eigenvalue weighted by atomic mass is 10.1. The van der Waals surface area contributed by atoms with Gasteiger partial charge in [-0.2, -0.15) is 0 Å². The zero-order valence-corrected chi connectivity index (χ0v) is 7.94. The fourth-order valence-corrected chi connectivity index (χ4v) is 1.38. The third kappa shape index (κ3) is 1.88. The van der Waals surface area contributed by atoms with Gasteiger partial charge in [0, 0.05) is 28.7 Å². The van der Waals surface area contributed by atoms with Crippen LogP contribution in [-0.4, -0.2) is 4.98 Å². The molecule has 2 rings (SSSR count). The van der Waals surface area contributed by atoms with E-state index in [2.05, 4.69) is 4.98 Å². The van der Waals surface area contributed by atoms with E-state index in [9.17, 15) is 4.39 Å². The molecular formula is C11H10FN3. The first-order valence-corrected chi connectivity index (χ1v) is 4.43. The molecule has 0 spiro atoms. The molecule has 76 valence electrons. The number of rotatable bonds is 1. The van der Waals surface area contributed by atoms with Crippen LogP contribution in [0.2, 0.25) is 0 Å². The van der Waals surface area contributed by atoms with E-state index in [1.54, 1.807) is 24.4 Å². The number of benzene rings is 1. The molecule has 0 atom stereocenters. The lowest BCUT2D eigenvalue weighted by Gasteiger charge is -2.06. The summed E-state index contributed by atoms with van der Waals surface area (Å²) in [5.41, 5.74) is 13.9. The first-order chi connectivity index (χ1) is 7.16. The van der Waals surface area contributed by atoms with Gasteiger partial charge in [-0.3, -0.25) is 4.98 Å². The molecule has 15 heavy (non-hydrogen) atoms. The number of nitrogens with two attached hydrogens (primary N) is 2. The number of anilines is 2. The maximum atomic E-state index is 13.0. The number of hydrogen-bond donors (Lipinski definition) is 2. The number of halogens is 1. The molecule has 4 N–H and O–H groups in total. The van der Waals surface area contributed by atoms with Crippen molar-refractivity contribution in [2.45, 2.75) is 0 Å². The summed E-state index contributed by atoms with van der Waals surface area (Å²) in [6, 6.07) is 6.46. The highest BCUT2D eigenvalue weighted by molar-refractivity contribution is 5.78. The van der Waals surface area contributed by atoms with Crippen molar-refractivity contribution in [2.75, 3.05) is 11.5 Å². The summed E-state index contributed by atoms with van der Waals surface area (Å²) in [5.74, 6) is -0.394. The molecule has 0 unspecified atom stereocenters. The maximum Gasteiger partial charge on any atom is 0.142 e. The molecule has 0 aliphatic heterocycles. The highest BCUT2D eigenvalue weighted by Crippen LogP contribution is 2.27. The lowest BCUT2D eigenvalue weighted by molar-refractivity contribution is 0.622. The molecule has 0 bridgehead atoms. The minimum absolute atomic E-state index is 0.394. The summed E-state index contributed by atoms with van der Waals surface area (Å²) >= 11 is 0. The smallest absolute Gasteiger partial charge is 0.142 e. The summed E-state index contributed by atoms with van der Waals surface area (Å²) < 4.78 is 13.0. The number of hydrogen-bond acceptors (Lipinski definition) is 3. The molecule has 2 aromatic rings. The molecule has 0 aliphatic carbocycles. The van der Waals surface area contributed by atoms with Gasteiger partial charge in [-0.15, -0.1) is 0 Å². The van der Waals surface area contributed by atoms with Crippen LogP contribution in [0, 0.1) is 5.82 Å². The van der Waals surface area contributed by atoms with E-state index in [-0.39, 0.29) is 0 Å². The van der Waals surface area contributed by atoms with Crippen molar-refractivity contribution in [1.29, 1.82) is 0 Å². The second-order valence-corrected chi connectivity index (χ2v) is 3.24. The minimum Gasteiger partial charge on any atom is -0.399 e. The van der Waals surface area contributed by atoms with Crippen molar-refractivity contribution >= 4 is 11.4 Å². The molecule has 3 nitrogen and oxygen atoms in total. The van der Waals surface area contributed by atoms with Crippen LogP contribution in [0.15, 0.2) is 36.7 Å². The van der Waals surface area contributed by atoms with Crippen LogP contribution < -0.4 is 11.5 Å². The van der Waals surface area contributed by atoms with Crippen LogP contribution >= 0.6 is 0 Å². The molecule has 1 aromatic heterocycles. The van der Waals surface area contributed by atoms with Crippen molar-refractivity contribution in [3.63, 3.8) is 0 Å². The molecule has 0 saturated carbocycles. The summed E-state index contributed by atoms with van der Waals surface area (Å²) in [4.78, 5) is 3.76. The largest absolute Gasteiger partial charge is 0.399 e. The van der Waals surface area contributed by atoms with E-state index in [0.29, 0.717) is 22.5 Å². The van der Waals surface area contributed by atoms with Gasteiger partial charge in [0.15, 0.2) is 0 Å². The molecule has 1 heterocycles. The SMILES string of the molecule is Nc1ccc(N)c(-c2cncc(F)c2)c1. The van der Waals surface area contributed by atoms with Gasteiger partial charge in [-0.25, -0.2) is 4.39 Å². The number of aromatic nitrogens is 1. The zero-order valence-electron chi connectivity index (χ0n) is 7.94. The van der Waals surface area contributed by atoms with Gasteiger partial charge < -0.3 is 11.5 Å². The number of nitrogens with zero attached hydrogens (tertiary/aromatic N) is 1. The van der Waals surface area contributed by atoms with Crippen molar-refractivity contribution in [1.82, 2.24) is 4.98 Å². The predicted molar refractivity (Wildman–Crippen MR) is 58.5 cm³/mol. The van der Waals surface area contributed by atoms with E-state index in [1.807, 2.05) is 0 Å². The Morgan fingerprint density at radius 1 is 1.07 bits per heavy atom. The van der Waals surface area contributed by atoms with E-state index in [1.165, 1.54) is 6.07 Å². The van der Waals surface area contributed by atoms with Gasteiger partial charge in [0.1, 0.15) is 5.82 Å². The van der Waals surface area contributed by atoms with E-state index < -0.39 is 5.82 Å². The maximum absolute atomic E-state index is 13.0. The third-order valence-corrected chi connectivity index (χ3v) is 2.09. The van der Waals surface area contributed by atoms with Gasteiger partial charge in [-0.05, 0) is 24.3 Å². The Bertz CT molecular complexity index is 497. The Kier molecular flexibility index (Phi) is 2.25. The van der Waals surface area contributed by atoms with Crippen LogP contribution in [0.5, 0.6) is 0 Å². The number of pyridine rings is 1. The van der Waals surface area contributed by atoms with Crippen LogP contribution in [0.4, 0.5) is 15.8 Å². The van der Waals surface area contributed by atoms with Crippen molar-refractivity contribution in [2.24, 2.45) is 0 Å². The minimum atomic E-state index is -0.394. The first kappa shape index (κ1) is 9.45. The standard InChI is InChI=1S/C11H10FN3/c12-8-3-7(5-15-6-8)10-4-9(13)1-2-11(10)14/h1-6H,13-14H2. The Labute approximate surface area is 86.6 Å². The van der Waals surface area contributed by atoms with Crippen LogP contribution in [0.1, 0.15) is 0 Å². The molecule has 0 radical (unpaired) electrons. The topological polar surface area (TPSA) is 64.9 Å². The second-order valence-electron chi connectivity index (χ2n) is 3.24. The predicted octanol–water partition coefficient (Wildman–Crippen LogP) is 2.05. The Hall–Kier alpha value is -2.10. The monoisotopic (exact) mass is 203 g/mol. The normalized spacial score (nSPS) is 10.2. The fourth-order valence-electron chi connectivity index (χ4n) is 1.38. The molecule has 0 saturated heterocycles. The summed E-state index contributed by atoms with van der Waals surface area (Å²) in [6.45, 7) is 0. The molecule has 0 aliphatic rings. The van der Waals surface area contributed by atoms with Gasteiger partial charge in [0.05, 0.1) is 6.20 Å². The van der Waals surface area contributed by atoms with E-state index in [4.69, 9.17) is 11.5 Å². The van der Waals surface area contributed by atoms with Crippen LogP contribution in [-0.2, 0) is 0 Å². The van der Waals surface area contributed by atoms with Gasteiger partial charge in [0.2, 0.25) is 0 Å². The Morgan fingerprint density at radius 2 is 1.87 bits per heavy atom. The van der Waals surface area contributed by atoms with Crippen molar-refractivity contribution in [3.05, 3.63) is 42.5 Å². The molecule has 4 heteroatoms. The Balaban J connectivity index is 2.58. The van der Waals surface area contributed by atoms with E-state index in [0.717, 1.165) is 6.20 Å². The third-order valence-electron chi connectivity index (χ3n) is 2.09. The van der Waals surface area contributed by atoms with Crippen molar-refractivity contribution < 1.29 is 4.39 Å².